The van der Waals surface area contributed by atoms with Crippen LogP contribution in [0.5, 0.6) is 5.75 Å². The molecule has 3 aliphatic heterocycles. The van der Waals surface area contributed by atoms with Gasteiger partial charge in [-0.05, 0) is 61.1 Å². The number of halogens is 1. The summed E-state index contributed by atoms with van der Waals surface area (Å²) in [6.45, 7) is 2.41. The predicted molar refractivity (Wildman–Crippen MR) is 178 cm³/mol. The number of hydrogen-bond acceptors (Lipinski definition) is 9. The first-order valence-electron chi connectivity index (χ1n) is 16.9. The maximum Gasteiger partial charge on any atom is 0.251 e. The van der Waals surface area contributed by atoms with Crippen LogP contribution in [-0.4, -0.2) is 114 Å². The van der Waals surface area contributed by atoms with Gasteiger partial charge in [-0.15, -0.1) is 5.10 Å². The van der Waals surface area contributed by atoms with Crippen molar-refractivity contribution in [2.24, 2.45) is 11.8 Å². The summed E-state index contributed by atoms with van der Waals surface area (Å²) in [7, 11) is 0. The second kappa shape index (κ2) is 18.8. The Hall–Kier alpha value is -4.89. The van der Waals surface area contributed by atoms with Crippen LogP contribution < -0.4 is 15.4 Å². The lowest BCUT2D eigenvalue weighted by atomic mass is 9.81. The summed E-state index contributed by atoms with van der Waals surface area (Å²) in [4.78, 5) is 55.4. The number of amides is 4. The quantitative estimate of drug-likeness (QED) is 0.302. The van der Waals surface area contributed by atoms with Gasteiger partial charge in [0.15, 0.2) is 0 Å². The average Bonchev–Trinajstić information content (AvgIpc) is 3.59. The van der Waals surface area contributed by atoms with E-state index in [4.69, 9.17) is 14.2 Å². The minimum Gasteiger partial charge on any atom is -0.487 e. The lowest BCUT2D eigenvalue weighted by molar-refractivity contribution is -0.145. The number of ether oxygens (including phenoxy) is 3. The molecule has 0 radical (unpaired) electrons. The Morgan fingerprint density at radius 1 is 1.00 bits per heavy atom. The lowest BCUT2D eigenvalue weighted by Crippen LogP contribution is -2.51. The fraction of sp³-hybridized carbons (Fsp3) is 0.486. The summed E-state index contributed by atoms with van der Waals surface area (Å²) in [5.41, 5.74) is 0.963. The maximum atomic E-state index is 13.7. The molecule has 3 aliphatic rings. The number of nitrogens with one attached hydrogen (secondary N) is 2. The molecule has 2 atom stereocenters. The number of hydrogen-bond donors (Lipinski definition) is 2. The molecule has 268 valence electrons. The number of benzene rings is 2. The van der Waals surface area contributed by atoms with Crippen molar-refractivity contribution in [2.45, 2.75) is 32.4 Å². The number of carbonyl (C=O) groups excluding carboxylic acids is 4. The van der Waals surface area contributed by atoms with Crippen molar-refractivity contribution in [2.75, 3.05) is 65.7 Å². The van der Waals surface area contributed by atoms with E-state index in [0.717, 1.165) is 5.75 Å². The Labute approximate surface area is 290 Å². The van der Waals surface area contributed by atoms with Gasteiger partial charge in [-0.2, -0.15) is 0 Å². The average molecular weight is 694 g/mol. The van der Waals surface area contributed by atoms with Gasteiger partial charge in [0.05, 0.1) is 32.6 Å². The fourth-order valence-electron chi connectivity index (χ4n) is 6.00. The molecule has 2 N–H and O–H groups in total. The zero-order chi connectivity index (χ0) is 35.1. The van der Waals surface area contributed by atoms with Crippen molar-refractivity contribution >= 4 is 23.6 Å². The monoisotopic (exact) mass is 693 g/mol. The molecule has 0 saturated carbocycles. The summed E-state index contributed by atoms with van der Waals surface area (Å²) >= 11 is 0. The highest BCUT2D eigenvalue weighted by Crippen LogP contribution is 2.30. The summed E-state index contributed by atoms with van der Waals surface area (Å²) in [5, 5.41) is 14.1. The van der Waals surface area contributed by atoms with E-state index in [0.29, 0.717) is 57.7 Å². The molecule has 1 aromatic heterocycles. The third-order valence-electron chi connectivity index (χ3n) is 8.76. The minimum absolute atomic E-state index is 0.00992. The number of fused-ring (bicyclic) bond motifs is 15. The molecule has 50 heavy (non-hydrogen) atoms. The highest BCUT2D eigenvalue weighted by atomic mass is 19.1. The SMILES string of the molecule is O=C1C[C@H]2CCN(C[C@@H]2CCn2cc(COc3ccccc3)nn2)C(=O)CN(CCNC(=O)c2ccc(F)cc2)C(=O)COCCOCCN1. The van der Waals surface area contributed by atoms with Crippen molar-refractivity contribution in [1.29, 1.82) is 0 Å². The molecule has 3 saturated heterocycles. The van der Waals surface area contributed by atoms with Crippen molar-refractivity contribution in [3.63, 3.8) is 0 Å². The molecule has 14 nitrogen and oxygen atoms in total. The van der Waals surface area contributed by atoms with Crippen LogP contribution in [0.25, 0.3) is 0 Å². The molecule has 2 aromatic carbocycles. The summed E-state index contributed by atoms with van der Waals surface area (Å²) in [6, 6.07) is 14.6. The van der Waals surface area contributed by atoms with Crippen LogP contribution in [0.1, 0.15) is 35.3 Å². The highest BCUT2D eigenvalue weighted by molar-refractivity contribution is 5.94. The third-order valence-corrected chi connectivity index (χ3v) is 8.76. The first-order valence-corrected chi connectivity index (χ1v) is 16.9. The molecular weight excluding hydrogens is 649 g/mol. The van der Waals surface area contributed by atoms with Gasteiger partial charge < -0.3 is 34.6 Å². The predicted octanol–water partition coefficient (Wildman–Crippen LogP) is 1.66. The number of piperidine rings is 1. The van der Waals surface area contributed by atoms with Gasteiger partial charge in [0.2, 0.25) is 17.7 Å². The lowest BCUT2D eigenvalue weighted by Gasteiger charge is -2.39. The molecule has 3 aromatic rings. The van der Waals surface area contributed by atoms with Gasteiger partial charge in [0.1, 0.15) is 30.5 Å². The van der Waals surface area contributed by atoms with E-state index >= 15 is 0 Å². The standard InChI is InChI=1S/C35H44FN7O7/c36-29-8-6-26(7-9-29)35(47)38-12-16-42-23-33(45)41-14-10-27(20-32(44)37-13-17-48-18-19-49-25-34(42)46)28(21-41)11-15-43-22-30(39-40-43)24-50-31-4-2-1-3-5-31/h1-9,22,27-28H,10-21,23-25H2,(H,37,44)(H,38,47)/t27-,28+/m1/s1. The Morgan fingerprint density at radius 3 is 2.62 bits per heavy atom. The Kier molecular flexibility index (Phi) is 13.7. The fourth-order valence-corrected chi connectivity index (χ4v) is 6.00. The van der Waals surface area contributed by atoms with E-state index in [-0.39, 0.29) is 75.3 Å². The van der Waals surface area contributed by atoms with Gasteiger partial charge in [0.25, 0.3) is 5.91 Å². The summed E-state index contributed by atoms with van der Waals surface area (Å²) in [6.07, 6.45) is 3.43. The van der Waals surface area contributed by atoms with Crippen molar-refractivity contribution in [1.82, 2.24) is 35.4 Å². The van der Waals surface area contributed by atoms with Crippen LogP contribution in [0, 0.1) is 17.7 Å². The van der Waals surface area contributed by atoms with Crippen LogP contribution in [0.4, 0.5) is 4.39 Å². The molecular formula is C35H44FN7O7. The van der Waals surface area contributed by atoms with Gasteiger partial charge in [-0.3, -0.25) is 23.9 Å². The molecule has 3 fully saturated rings. The van der Waals surface area contributed by atoms with Gasteiger partial charge >= 0.3 is 0 Å². The molecule has 15 heteroatoms. The van der Waals surface area contributed by atoms with Gasteiger partial charge in [0, 0.05) is 51.3 Å². The molecule has 0 aliphatic carbocycles. The Morgan fingerprint density at radius 2 is 1.80 bits per heavy atom. The molecule has 4 amide bonds. The van der Waals surface area contributed by atoms with Crippen LogP contribution in [-0.2, 0) is 37.0 Å². The molecule has 2 bridgehead atoms. The number of para-hydroxylation sites is 1. The molecule has 0 spiro atoms. The number of nitrogens with zero attached hydrogens (tertiary/aromatic N) is 5. The van der Waals surface area contributed by atoms with Gasteiger partial charge in [-0.1, -0.05) is 23.4 Å². The zero-order valence-corrected chi connectivity index (χ0v) is 28.0. The minimum atomic E-state index is -0.453. The van der Waals surface area contributed by atoms with E-state index < -0.39 is 17.6 Å². The molecule has 0 unspecified atom stereocenters. The van der Waals surface area contributed by atoms with Crippen LogP contribution in [0.2, 0.25) is 0 Å². The zero-order valence-electron chi connectivity index (χ0n) is 28.0. The second-order valence-electron chi connectivity index (χ2n) is 12.3. The molecule has 4 heterocycles. The second-order valence-corrected chi connectivity index (χ2v) is 12.3. The highest BCUT2D eigenvalue weighted by Gasteiger charge is 2.33. The maximum absolute atomic E-state index is 13.7. The first kappa shape index (κ1) is 36.4. The van der Waals surface area contributed by atoms with E-state index in [9.17, 15) is 23.6 Å². The number of rotatable bonds is 10. The summed E-state index contributed by atoms with van der Waals surface area (Å²) < 4.78 is 31.9. The number of aromatic nitrogens is 3. The largest absolute Gasteiger partial charge is 0.487 e. The first-order chi connectivity index (χ1) is 24.3. The molecule has 6 rings (SSSR count). The van der Waals surface area contributed by atoms with Crippen LogP contribution >= 0.6 is 0 Å². The smallest absolute Gasteiger partial charge is 0.251 e. The van der Waals surface area contributed by atoms with Crippen LogP contribution in [0.15, 0.2) is 60.8 Å². The van der Waals surface area contributed by atoms with Crippen molar-refractivity contribution in [3.05, 3.63) is 77.9 Å². The number of carbonyl (C=O) groups is 4. The Bertz CT molecular complexity index is 1560. The number of aryl methyl sites for hydroxylation is 1. The van der Waals surface area contributed by atoms with Gasteiger partial charge in [-0.25, -0.2) is 4.39 Å². The van der Waals surface area contributed by atoms with E-state index in [1.165, 1.54) is 29.2 Å². The van der Waals surface area contributed by atoms with Crippen LogP contribution in [0.3, 0.4) is 0 Å². The normalized spacial score (nSPS) is 19.8. The summed E-state index contributed by atoms with van der Waals surface area (Å²) in [5.74, 6) is -0.806. The van der Waals surface area contributed by atoms with E-state index in [1.54, 1.807) is 9.58 Å². The van der Waals surface area contributed by atoms with E-state index in [1.807, 2.05) is 36.5 Å². The Balaban J connectivity index is 1.22. The third kappa shape index (κ3) is 11.3. The van der Waals surface area contributed by atoms with Crippen molar-refractivity contribution in [3.8, 4) is 5.75 Å². The van der Waals surface area contributed by atoms with Crippen molar-refractivity contribution < 1.29 is 37.8 Å². The van der Waals surface area contributed by atoms with E-state index in [2.05, 4.69) is 20.9 Å². The topological polar surface area (TPSA) is 157 Å².